The van der Waals surface area contributed by atoms with Crippen molar-refractivity contribution < 1.29 is 9.59 Å². The zero-order valence-electron chi connectivity index (χ0n) is 13.8. The summed E-state index contributed by atoms with van der Waals surface area (Å²) in [4.78, 5) is 29.5. The van der Waals surface area contributed by atoms with E-state index in [4.69, 9.17) is 0 Å². The number of benzene rings is 1. The van der Waals surface area contributed by atoms with Gasteiger partial charge in [0.05, 0.1) is 11.3 Å². The molecule has 1 N–H and O–H groups in total. The summed E-state index contributed by atoms with van der Waals surface area (Å²) in [6, 6.07) is 7.41. The molecule has 1 unspecified atom stereocenters. The number of nitrogens with one attached hydrogen (secondary N) is 1. The average molecular weight is 338 g/mol. The van der Waals surface area contributed by atoms with E-state index in [2.05, 4.69) is 10.3 Å². The van der Waals surface area contributed by atoms with E-state index < -0.39 is 0 Å². The van der Waals surface area contributed by atoms with Crippen LogP contribution in [0.2, 0.25) is 0 Å². The lowest BCUT2D eigenvalue weighted by Crippen LogP contribution is -2.35. The molecule has 1 aliphatic carbocycles. The fraction of sp³-hybridized carbons (Fsp3) is 0.211. The van der Waals surface area contributed by atoms with Crippen LogP contribution >= 0.6 is 11.8 Å². The van der Waals surface area contributed by atoms with Crippen molar-refractivity contribution in [2.24, 2.45) is 10.9 Å². The molecule has 1 aromatic rings. The Bertz CT molecular complexity index is 847. The molecule has 0 radical (unpaired) electrons. The van der Waals surface area contributed by atoms with Crippen LogP contribution in [0, 0.1) is 5.92 Å². The highest BCUT2D eigenvalue weighted by Gasteiger charge is 2.27. The monoisotopic (exact) mass is 338 g/mol. The van der Waals surface area contributed by atoms with Crippen LogP contribution in [0.15, 0.2) is 69.2 Å². The Morgan fingerprint density at radius 3 is 2.75 bits per heavy atom. The van der Waals surface area contributed by atoms with Crippen LogP contribution in [-0.4, -0.2) is 23.8 Å². The van der Waals surface area contributed by atoms with Gasteiger partial charge < -0.3 is 5.32 Å². The number of amides is 2. The molecule has 3 rings (SSSR count). The second kappa shape index (κ2) is 6.61. The SMILES string of the molecule is CSc1ccccc1C(=O)N=C1C=CC2C(=C1)NC(=O)C(C)=C2C. The summed E-state index contributed by atoms with van der Waals surface area (Å²) in [5, 5.41) is 2.88. The minimum absolute atomic E-state index is 0.0511. The molecule has 4 nitrogen and oxygen atoms in total. The molecule has 24 heavy (non-hydrogen) atoms. The van der Waals surface area contributed by atoms with Gasteiger partial charge in [-0.25, -0.2) is 4.99 Å². The van der Waals surface area contributed by atoms with Crippen molar-refractivity contribution in [3.8, 4) is 0 Å². The van der Waals surface area contributed by atoms with E-state index in [-0.39, 0.29) is 17.7 Å². The summed E-state index contributed by atoms with van der Waals surface area (Å²) in [7, 11) is 0. The number of allylic oxidation sites excluding steroid dienone is 3. The smallest absolute Gasteiger partial charge is 0.278 e. The number of nitrogens with zero attached hydrogens (tertiary/aromatic N) is 1. The summed E-state index contributed by atoms with van der Waals surface area (Å²) in [5.41, 5.74) is 3.68. The highest BCUT2D eigenvalue weighted by atomic mass is 32.2. The van der Waals surface area contributed by atoms with Crippen molar-refractivity contribution in [3.63, 3.8) is 0 Å². The lowest BCUT2D eigenvalue weighted by molar-refractivity contribution is -0.117. The molecule has 1 atom stereocenters. The summed E-state index contributed by atoms with van der Waals surface area (Å²) in [6.45, 7) is 3.78. The summed E-state index contributed by atoms with van der Waals surface area (Å²) < 4.78 is 0. The van der Waals surface area contributed by atoms with E-state index in [1.54, 1.807) is 12.1 Å². The van der Waals surface area contributed by atoms with Gasteiger partial charge in [-0.1, -0.05) is 23.8 Å². The minimum Gasteiger partial charge on any atom is -0.325 e. The first kappa shape index (κ1) is 16.5. The van der Waals surface area contributed by atoms with Gasteiger partial charge in [0.1, 0.15) is 0 Å². The number of rotatable bonds is 2. The van der Waals surface area contributed by atoms with Crippen molar-refractivity contribution in [3.05, 3.63) is 64.9 Å². The summed E-state index contributed by atoms with van der Waals surface area (Å²) in [5.74, 6) is -0.320. The lowest BCUT2D eigenvalue weighted by Gasteiger charge is -2.28. The lowest BCUT2D eigenvalue weighted by atomic mass is 9.85. The van der Waals surface area contributed by atoms with E-state index >= 15 is 0 Å². The molecular weight excluding hydrogens is 320 g/mol. The molecule has 122 valence electrons. The van der Waals surface area contributed by atoms with Gasteiger partial charge >= 0.3 is 0 Å². The summed E-state index contributed by atoms with van der Waals surface area (Å²) >= 11 is 1.52. The molecule has 0 aromatic heterocycles. The molecule has 1 heterocycles. The molecular formula is C19H18N2O2S. The quantitative estimate of drug-likeness (QED) is 0.839. The van der Waals surface area contributed by atoms with Gasteiger partial charge in [0, 0.05) is 22.1 Å². The topological polar surface area (TPSA) is 58.5 Å². The average Bonchev–Trinajstić information content (AvgIpc) is 2.59. The standard InChI is InChI=1S/C19H18N2O2S/c1-11-12(2)18(22)21-16-10-13(8-9-14(11)16)20-19(23)15-6-4-5-7-17(15)24-3/h4-10,14H,1-3H3,(H,21,22). The van der Waals surface area contributed by atoms with Crippen LogP contribution in [0.25, 0.3) is 0 Å². The first-order chi connectivity index (χ1) is 11.5. The molecule has 0 saturated heterocycles. The molecule has 1 aliphatic heterocycles. The molecule has 0 bridgehead atoms. The maximum Gasteiger partial charge on any atom is 0.278 e. The number of hydrogen-bond acceptors (Lipinski definition) is 3. The normalized spacial score (nSPS) is 21.5. The number of thioether (sulfide) groups is 1. The van der Waals surface area contributed by atoms with Crippen LogP contribution in [0.5, 0.6) is 0 Å². The first-order valence-electron chi connectivity index (χ1n) is 7.66. The van der Waals surface area contributed by atoms with Crippen LogP contribution < -0.4 is 5.32 Å². The van der Waals surface area contributed by atoms with Crippen molar-refractivity contribution in [1.29, 1.82) is 0 Å². The number of fused-ring (bicyclic) bond motifs is 1. The zero-order valence-corrected chi connectivity index (χ0v) is 14.6. The van der Waals surface area contributed by atoms with Gasteiger partial charge in [-0.05, 0) is 44.4 Å². The third-order valence-electron chi connectivity index (χ3n) is 4.32. The molecule has 0 fully saturated rings. The third-order valence-corrected chi connectivity index (χ3v) is 5.12. The van der Waals surface area contributed by atoms with Crippen molar-refractivity contribution >= 4 is 29.3 Å². The first-order valence-corrected chi connectivity index (χ1v) is 8.88. The molecule has 2 aliphatic rings. The summed E-state index contributed by atoms with van der Waals surface area (Å²) in [6.07, 6.45) is 7.52. The fourth-order valence-corrected chi connectivity index (χ4v) is 3.38. The third kappa shape index (κ3) is 2.99. The zero-order chi connectivity index (χ0) is 17.3. The second-order valence-electron chi connectivity index (χ2n) is 5.74. The fourth-order valence-electron chi connectivity index (χ4n) is 2.79. The van der Waals surface area contributed by atoms with Crippen LogP contribution in [0.1, 0.15) is 24.2 Å². The Morgan fingerprint density at radius 2 is 2.00 bits per heavy atom. The maximum atomic E-state index is 12.5. The molecule has 5 heteroatoms. The van der Waals surface area contributed by atoms with Crippen molar-refractivity contribution in [1.82, 2.24) is 5.32 Å². The number of carbonyl (C=O) groups is 2. The number of hydrogen-bond donors (Lipinski definition) is 1. The van der Waals surface area contributed by atoms with Gasteiger partial charge in [-0.2, -0.15) is 0 Å². The van der Waals surface area contributed by atoms with Crippen molar-refractivity contribution in [2.75, 3.05) is 6.26 Å². The van der Waals surface area contributed by atoms with Crippen LogP contribution in [0.3, 0.4) is 0 Å². The van der Waals surface area contributed by atoms with E-state index in [1.165, 1.54) is 11.8 Å². The van der Waals surface area contributed by atoms with Gasteiger partial charge in [-0.3, -0.25) is 9.59 Å². The Kier molecular flexibility index (Phi) is 4.53. The van der Waals surface area contributed by atoms with Crippen LogP contribution in [0.4, 0.5) is 0 Å². The van der Waals surface area contributed by atoms with E-state index in [9.17, 15) is 9.59 Å². The molecule has 2 amide bonds. The minimum atomic E-state index is -0.277. The van der Waals surface area contributed by atoms with E-state index in [0.29, 0.717) is 11.3 Å². The second-order valence-corrected chi connectivity index (χ2v) is 6.59. The van der Waals surface area contributed by atoms with Gasteiger partial charge in [0.15, 0.2) is 0 Å². The predicted octanol–water partition coefficient (Wildman–Crippen LogP) is 3.53. The molecule has 1 aromatic carbocycles. The van der Waals surface area contributed by atoms with Crippen LogP contribution in [-0.2, 0) is 4.79 Å². The Morgan fingerprint density at radius 1 is 1.25 bits per heavy atom. The Balaban J connectivity index is 1.91. The molecule has 0 spiro atoms. The molecule has 0 saturated carbocycles. The van der Waals surface area contributed by atoms with Gasteiger partial charge in [-0.15, -0.1) is 11.8 Å². The van der Waals surface area contributed by atoms with Gasteiger partial charge in [0.2, 0.25) is 0 Å². The largest absolute Gasteiger partial charge is 0.325 e. The highest BCUT2D eigenvalue weighted by Crippen LogP contribution is 2.30. The maximum absolute atomic E-state index is 12.5. The Hall–Kier alpha value is -2.40. The number of carbonyl (C=O) groups excluding carboxylic acids is 2. The Labute approximate surface area is 145 Å². The van der Waals surface area contributed by atoms with E-state index in [1.807, 2.05) is 50.5 Å². The number of aliphatic imine (C=N–C) groups is 1. The highest BCUT2D eigenvalue weighted by molar-refractivity contribution is 7.98. The predicted molar refractivity (Wildman–Crippen MR) is 97.2 cm³/mol. The van der Waals surface area contributed by atoms with Gasteiger partial charge in [0.25, 0.3) is 11.8 Å². The van der Waals surface area contributed by atoms with Crippen molar-refractivity contribution in [2.45, 2.75) is 18.7 Å². The van der Waals surface area contributed by atoms with E-state index in [0.717, 1.165) is 21.7 Å².